The van der Waals surface area contributed by atoms with Crippen molar-refractivity contribution in [3.05, 3.63) is 68.9 Å². The average molecular weight is 371 g/mol. The molecule has 0 fully saturated rings. The van der Waals surface area contributed by atoms with E-state index in [0.717, 1.165) is 29.4 Å². The molecule has 0 aliphatic rings. The van der Waals surface area contributed by atoms with Crippen molar-refractivity contribution in [1.29, 1.82) is 0 Å². The van der Waals surface area contributed by atoms with Gasteiger partial charge in [0.05, 0.1) is 0 Å². The van der Waals surface area contributed by atoms with Crippen molar-refractivity contribution in [2.75, 3.05) is 13.6 Å². The van der Waals surface area contributed by atoms with Crippen molar-refractivity contribution in [3.8, 4) is 0 Å². The second-order valence-electron chi connectivity index (χ2n) is 5.16. The van der Waals surface area contributed by atoms with Crippen LogP contribution in [0.15, 0.2) is 46.9 Å². The number of rotatable bonds is 6. The molecule has 0 heterocycles. The zero-order valence-corrected chi connectivity index (χ0v) is 14.2. The maximum atomic E-state index is 13.4. The molecular weight excluding hydrogens is 353 g/mol. The molecule has 2 aromatic rings. The van der Waals surface area contributed by atoms with Gasteiger partial charge in [0.2, 0.25) is 0 Å². The molecule has 0 saturated heterocycles. The van der Waals surface area contributed by atoms with Gasteiger partial charge >= 0.3 is 0 Å². The molecule has 112 valence electrons. The quantitative estimate of drug-likeness (QED) is 0.765. The second-order valence-corrected chi connectivity index (χ2v) is 6.42. The van der Waals surface area contributed by atoms with Crippen molar-refractivity contribution >= 4 is 27.5 Å². The third-order valence-electron chi connectivity index (χ3n) is 3.48. The summed E-state index contributed by atoms with van der Waals surface area (Å²) in [7, 11) is 1.93. The molecule has 1 nitrogen and oxygen atoms in total. The minimum atomic E-state index is -0.238. The predicted molar refractivity (Wildman–Crippen MR) is 90.4 cm³/mol. The summed E-state index contributed by atoms with van der Waals surface area (Å²) in [5.74, 6) is 0.117. The molecule has 0 aliphatic heterocycles. The Bertz CT molecular complexity index is 603. The van der Waals surface area contributed by atoms with E-state index in [1.165, 1.54) is 17.7 Å². The highest BCUT2D eigenvalue weighted by Gasteiger charge is 2.14. The Morgan fingerprint density at radius 2 is 1.86 bits per heavy atom. The SMILES string of the molecule is CNCC(Cc1cc(F)ccc1Cl)Cc1ccccc1Br. The van der Waals surface area contributed by atoms with Gasteiger partial charge < -0.3 is 5.32 Å². The fourth-order valence-electron chi connectivity index (χ4n) is 2.49. The number of halogens is 3. The normalized spacial score (nSPS) is 12.4. The molecule has 0 aromatic heterocycles. The summed E-state index contributed by atoms with van der Waals surface area (Å²) >= 11 is 9.76. The number of hydrogen-bond acceptors (Lipinski definition) is 1. The molecule has 0 amide bonds. The highest BCUT2D eigenvalue weighted by atomic mass is 79.9. The molecule has 0 radical (unpaired) electrons. The van der Waals surface area contributed by atoms with Gasteiger partial charge in [-0.05, 0) is 67.7 Å². The van der Waals surface area contributed by atoms with Crippen molar-refractivity contribution in [3.63, 3.8) is 0 Å². The summed E-state index contributed by atoms with van der Waals surface area (Å²) < 4.78 is 14.5. The minimum Gasteiger partial charge on any atom is -0.319 e. The van der Waals surface area contributed by atoms with Gasteiger partial charge in [-0.25, -0.2) is 4.39 Å². The van der Waals surface area contributed by atoms with Crippen LogP contribution in [0.25, 0.3) is 0 Å². The van der Waals surface area contributed by atoms with Crippen LogP contribution in [0.5, 0.6) is 0 Å². The molecule has 2 rings (SSSR count). The Balaban J connectivity index is 2.16. The van der Waals surface area contributed by atoms with E-state index in [9.17, 15) is 4.39 Å². The number of benzene rings is 2. The number of hydrogen-bond donors (Lipinski definition) is 1. The lowest BCUT2D eigenvalue weighted by Crippen LogP contribution is -2.23. The number of nitrogens with one attached hydrogen (secondary N) is 1. The van der Waals surface area contributed by atoms with Gasteiger partial charge in [-0.1, -0.05) is 45.7 Å². The van der Waals surface area contributed by atoms with Gasteiger partial charge in [-0.2, -0.15) is 0 Å². The molecule has 0 saturated carbocycles. The Kier molecular flexibility index (Phi) is 6.22. The molecule has 21 heavy (non-hydrogen) atoms. The first kappa shape index (κ1) is 16.5. The van der Waals surface area contributed by atoms with Crippen LogP contribution in [0.2, 0.25) is 5.02 Å². The summed E-state index contributed by atoms with van der Waals surface area (Å²) in [5.41, 5.74) is 2.12. The predicted octanol–water partition coefficient (Wildman–Crippen LogP) is 4.86. The van der Waals surface area contributed by atoms with Gasteiger partial charge in [0.1, 0.15) is 5.82 Å². The smallest absolute Gasteiger partial charge is 0.123 e. The van der Waals surface area contributed by atoms with Crippen LogP contribution >= 0.6 is 27.5 Å². The lowest BCUT2D eigenvalue weighted by Gasteiger charge is -2.18. The molecule has 1 unspecified atom stereocenters. The van der Waals surface area contributed by atoms with Gasteiger partial charge in [0, 0.05) is 9.50 Å². The summed E-state index contributed by atoms with van der Waals surface area (Å²) in [5, 5.41) is 3.84. The zero-order valence-electron chi connectivity index (χ0n) is 11.9. The van der Waals surface area contributed by atoms with E-state index < -0.39 is 0 Å². The fourth-order valence-corrected chi connectivity index (χ4v) is 3.13. The van der Waals surface area contributed by atoms with Crippen molar-refractivity contribution < 1.29 is 4.39 Å². The van der Waals surface area contributed by atoms with Crippen molar-refractivity contribution in [1.82, 2.24) is 5.32 Å². The first-order valence-electron chi connectivity index (χ1n) is 6.92. The summed E-state index contributed by atoms with van der Waals surface area (Å²) in [6.07, 6.45) is 1.66. The van der Waals surface area contributed by atoms with Gasteiger partial charge in [-0.3, -0.25) is 0 Å². The summed E-state index contributed by atoms with van der Waals surface area (Å²) in [4.78, 5) is 0. The third kappa shape index (κ3) is 4.80. The lowest BCUT2D eigenvalue weighted by atomic mass is 9.92. The maximum absolute atomic E-state index is 13.4. The van der Waals surface area contributed by atoms with E-state index in [-0.39, 0.29) is 5.82 Å². The Labute approximate surface area is 138 Å². The monoisotopic (exact) mass is 369 g/mol. The molecule has 0 spiro atoms. The van der Waals surface area contributed by atoms with Crippen LogP contribution in [-0.2, 0) is 12.8 Å². The second kappa shape index (κ2) is 7.92. The van der Waals surface area contributed by atoms with E-state index >= 15 is 0 Å². The first-order chi connectivity index (χ1) is 10.1. The third-order valence-corrected chi connectivity index (χ3v) is 4.62. The van der Waals surface area contributed by atoms with Gasteiger partial charge in [0.15, 0.2) is 0 Å². The van der Waals surface area contributed by atoms with E-state index in [4.69, 9.17) is 11.6 Å². The Morgan fingerprint density at radius 3 is 2.57 bits per heavy atom. The van der Waals surface area contributed by atoms with Crippen LogP contribution < -0.4 is 5.32 Å². The van der Waals surface area contributed by atoms with Gasteiger partial charge in [0.25, 0.3) is 0 Å². The molecule has 2 aromatic carbocycles. The largest absolute Gasteiger partial charge is 0.319 e. The van der Waals surface area contributed by atoms with Crippen molar-refractivity contribution in [2.45, 2.75) is 12.8 Å². The molecule has 1 N–H and O–H groups in total. The Hall–Kier alpha value is -0.900. The summed E-state index contributed by atoms with van der Waals surface area (Å²) in [6, 6.07) is 12.7. The van der Waals surface area contributed by atoms with Gasteiger partial charge in [-0.15, -0.1) is 0 Å². The van der Waals surface area contributed by atoms with E-state index in [2.05, 4.69) is 27.3 Å². The van der Waals surface area contributed by atoms with Crippen LogP contribution in [0.3, 0.4) is 0 Å². The molecule has 4 heteroatoms. The lowest BCUT2D eigenvalue weighted by molar-refractivity contribution is 0.491. The topological polar surface area (TPSA) is 12.0 Å². The standard InChI is InChI=1S/C17H18BrClFN/c1-21-11-12(8-13-4-2-3-5-16(13)18)9-14-10-15(20)6-7-17(14)19/h2-7,10,12,21H,8-9,11H2,1H3. The fraction of sp³-hybridized carbons (Fsp3) is 0.294. The molecule has 0 aliphatic carbocycles. The zero-order chi connectivity index (χ0) is 15.2. The molecule has 1 atom stereocenters. The van der Waals surface area contributed by atoms with Crippen LogP contribution in [0.1, 0.15) is 11.1 Å². The van der Waals surface area contributed by atoms with Crippen LogP contribution in [-0.4, -0.2) is 13.6 Å². The Morgan fingerprint density at radius 1 is 1.14 bits per heavy atom. The minimum absolute atomic E-state index is 0.238. The van der Waals surface area contributed by atoms with E-state index in [0.29, 0.717) is 10.9 Å². The average Bonchev–Trinajstić information content (AvgIpc) is 2.45. The van der Waals surface area contributed by atoms with Crippen LogP contribution in [0, 0.1) is 11.7 Å². The van der Waals surface area contributed by atoms with E-state index in [1.807, 2.05) is 25.2 Å². The molecule has 0 bridgehead atoms. The van der Waals surface area contributed by atoms with Crippen LogP contribution in [0.4, 0.5) is 4.39 Å². The highest BCUT2D eigenvalue weighted by molar-refractivity contribution is 9.10. The van der Waals surface area contributed by atoms with Crippen molar-refractivity contribution in [2.24, 2.45) is 5.92 Å². The highest BCUT2D eigenvalue weighted by Crippen LogP contribution is 2.24. The summed E-state index contributed by atoms with van der Waals surface area (Å²) in [6.45, 7) is 0.855. The molecular formula is C17H18BrClFN. The van der Waals surface area contributed by atoms with E-state index in [1.54, 1.807) is 6.07 Å². The maximum Gasteiger partial charge on any atom is 0.123 e. The first-order valence-corrected chi connectivity index (χ1v) is 8.09.